The highest BCUT2D eigenvalue weighted by atomic mass is 79.9. The van der Waals surface area contributed by atoms with Crippen molar-refractivity contribution < 1.29 is 21.8 Å². The largest absolute Gasteiger partial charge is 0.383 e. The van der Waals surface area contributed by atoms with E-state index in [4.69, 9.17) is 9.44 Å². The number of rotatable bonds is 9. The van der Waals surface area contributed by atoms with Crippen LogP contribution >= 0.6 is 28.3 Å². The van der Waals surface area contributed by atoms with Gasteiger partial charge in [0.15, 0.2) is 0 Å². The van der Waals surface area contributed by atoms with Crippen LogP contribution in [0.25, 0.3) is 0 Å². The summed E-state index contributed by atoms with van der Waals surface area (Å²) in [6, 6.07) is 10.7. The predicted molar refractivity (Wildman–Crippen MR) is 140 cm³/mol. The van der Waals surface area contributed by atoms with Crippen LogP contribution in [0.2, 0.25) is 0 Å². The number of likely N-dealkylation sites (tertiary alicyclic amines) is 1. The van der Waals surface area contributed by atoms with Gasteiger partial charge in [-0.25, -0.2) is 9.37 Å². The minimum Gasteiger partial charge on any atom is -0.383 e. The second-order valence-electron chi connectivity index (χ2n) is 8.46. The molecule has 1 unspecified atom stereocenters. The number of benzene rings is 2. The zero-order valence-corrected chi connectivity index (χ0v) is 22.9. The lowest BCUT2D eigenvalue weighted by Crippen LogP contribution is -2.38. The van der Waals surface area contributed by atoms with Crippen LogP contribution in [-0.4, -0.2) is 47.6 Å². The molecule has 4 rings (SSSR count). The highest BCUT2D eigenvalue weighted by Crippen LogP contribution is 2.26. The minimum atomic E-state index is -3.66. The van der Waals surface area contributed by atoms with Crippen molar-refractivity contribution in [1.29, 1.82) is 5.26 Å². The molecule has 0 saturated carbocycles. The number of imidazole rings is 1. The number of carbonyl (C=O) groups excluding carboxylic acids is 1. The van der Waals surface area contributed by atoms with Gasteiger partial charge in [-0.2, -0.15) is 13.7 Å². The Bertz CT molecular complexity index is 1440. The maximum atomic E-state index is 13.9. The zero-order valence-electron chi connectivity index (χ0n) is 19.7. The minimum absolute atomic E-state index is 0. The summed E-state index contributed by atoms with van der Waals surface area (Å²) in [7, 11) is -3.66. The summed E-state index contributed by atoms with van der Waals surface area (Å²) in [5.74, 6) is -0.435. The van der Waals surface area contributed by atoms with Crippen LogP contribution in [0.5, 0.6) is 5.75 Å². The Labute approximate surface area is 228 Å². The van der Waals surface area contributed by atoms with E-state index >= 15 is 0 Å². The molecule has 2 aromatic carbocycles. The molecule has 1 aliphatic heterocycles. The van der Waals surface area contributed by atoms with Crippen molar-refractivity contribution in [3.05, 3.63) is 81.6 Å². The number of nitrogens with one attached hydrogen (secondary N) is 1. The molecule has 1 fully saturated rings. The predicted octanol–water partition coefficient (Wildman–Crippen LogP) is 3.36. The third kappa shape index (κ3) is 7.29. The lowest BCUT2D eigenvalue weighted by Gasteiger charge is -2.19. The summed E-state index contributed by atoms with van der Waals surface area (Å²) in [6.45, 7) is 1.62. The first kappa shape index (κ1) is 28.6. The normalized spacial score (nSPS) is 15.4. The average Bonchev–Trinajstić information content (AvgIpc) is 3.40. The fourth-order valence-corrected chi connectivity index (χ4v) is 4.82. The molecule has 1 amide bonds. The van der Waals surface area contributed by atoms with Gasteiger partial charge in [0, 0.05) is 36.8 Å². The van der Waals surface area contributed by atoms with Crippen LogP contribution in [0.4, 0.5) is 4.39 Å². The molecule has 0 aliphatic carbocycles. The lowest BCUT2D eigenvalue weighted by atomic mass is 10.1. The van der Waals surface area contributed by atoms with E-state index in [-0.39, 0.29) is 35.7 Å². The summed E-state index contributed by atoms with van der Waals surface area (Å²) in [4.78, 5) is 18.9. The molecule has 1 aromatic heterocycles. The number of hydrogen-bond donors (Lipinski definition) is 1. The van der Waals surface area contributed by atoms with Crippen molar-refractivity contribution in [2.45, 2.75) is 32.1 Å². The average molecular weight is 613 g/mol. The number of nitriles is 1. The van der Waals surface area contributed by atoms with E-state index in [0.29, 0.717) is 38.2 Å². The third-order valence-electron chi connectivity index (χ3n) is 5.76. The van der Waals surface area contributed by atoms with E-state index in [1.165, 1.54) is 12.1 Å². The fraction of sp³-hybridized carbons (Fsp3) is 0.292. The second-order valence-corrected chi connectivity index (χ2v) is 10.9. The van der Waals surface area contributed by atoms with Gasteiger partial charge >= 0.3 is 10.1 Å². The molecule has 0 spiro atoms. The molecule has 13 heteroatoms. The topological polar surface area (TPSA) is 117 Å². The number of hydrogen-bond acceptors (Lipinski definition) is 7. The van der Waals surface area contributed by atoms with Crippen LogP contribution < -0.4 is 9.50 Å². The smallest absolute Gasteiger partial charge is 0.306 e. The number of nitrogens with zero attached hydrogens (tertiary/aromatic N) is 4. The summed E-state index contributed by atoms with van der Waals surface area (Å²) in [6.07, 6.45) is 4.92. The van der Waals surface area contributed by atoms with Crippen molar-refractivity contribution in [2.75, 3.05) is 12.8 Å². The number of carbonyl (C=O) groups is 1. The maximum absolute atomic E-state index is 13.9. The Morgan fingerprint density at radius 3 is 2.76 bits per heavy atom. The van der Waals surface area contributed by atoms with Crippen molar-refractivity contribution in [1.82, 2.24) is 19.8 Å². The van der Waals surface area contributed by atoms with Gasteiger partial charge in [0.1, 0.15) is 17.6 Å². The van der Waals surface area contributed by atoms with Gasteiger partial charge in [0.25, 0.3) is 0 Å². The van der Waals surface area contributed by atoms with Crippen molar-refractivity contribution in [3.8, 4) is 11.8 Å². The summed E-state index contributed by atoms with van der Waals surface area (Å²) >= 11 is 3.45. The molecule has 0 radical (unpaired) electrons. The van der Waals surface area contributed by atoms with Gasteiger partial charge in [-0.15, -0.1) is 12.4 Å². The lowest BCUT2D eigenvalue weighted by molar-refractivity contribution is -0.130. The first-order valence-corrected chi connectivity index (χ1v) is 13.6. The molecule has 1 saturated heterocycles. The van der Waals surface area contributed by atoms with Gasteiger partial charge in [-0.3, -0.25) is 4.79 Å². The molecule has 37 heavy (non-hydrogen) atoms. The fourth-order valence-electron chi connectivity index (χ4n) is 4.00. The zero-order chi connectivity index (χ0) is 25.9. The Balaban J connectivity index is 0.00000380. The Kier molecular flexibility index (Phi) is 9.31. The van der Waals surface area contributed by atoms with Gasteiger partial charge < -0.3 is 19.0 Å². The molecule has 1 N–H and O–H groups in total. The van der Waals surface area contributed by atoms with E-state index in [2.05, 4.69) is 26.2 Å². The van der Waals surface area contributed by atoms with E-state index in [1.807, 2.05) is 10.6 Å². The number of aromatic nitrogens is 2. The van der Waals surface area contributed by atoms with Gasteiger partial charge in [-0.1, -0.05) is 22.0 Å². The molecular weight excluding hydrogens is 589 g/mol. The quantitative estimate of drug-likeness (QED) is 0.368. The van der Waals surface area contributed by atoms with Crippen molar-refractivity contribution in [3.63, 3.8) is 0 Å². The molecule has 3 aromatic rings. The maximum Gasteiger partial charge on any atom is 0.306 e. The van der Waals surface area contributed by atoms with Gasteiger partial charge in [0.2, 0.25) is 5.91 Å². The third-order valence-corrected chi connectivity index (χ3v) is 7.03. The Hall–Kier alpha value is -2.98. The van der Waals surface area contributed by atoms with E-state index in [9.17, 15) is 17.6 Å². The Morgan fingerprint density at radius 1 is 1.27 bits per heavy atom. The Morgan fingerprint density at radius 2 is 2.05 bits per heavy atom. The molecule has 1 aliphatic rings. The molecule has 0 bridgehead atoms. The van der Waals surface area contributed by atoms with Crippen LogP contribution in [0.15, 0.2) is 53.4 Å². The van der Waals surface area contributed by atoms with Crippen LogP contribution in [0, 0.1) is 17.1 Å². The first-order valence-electron chi connectivity index (χ1n) is 11.0. The van der Waals surface area contributed by atoms with Crippen molar-refractivity contribution in [2.24, 2.45) is 0 Å². The molecule has 9 nitrogen and oxygen atoms in total. The van der Waals surface area contributed by atoms with Gasteiger partial charge in [-0.05, 0) is 47.9 Å². The molecule has 2 heterocycles. The summed E-state index contributed by atoms with van der Waals surface area (Å²) in [5.41, 5.74) is 2.26. The molecule has 1 atom stereocenters. The van der Waals surface area contributed by atoms with E-state index < -0.39 is 15.9 Å². The molecule has 196 valence electrons. The summed E-state index contributed by atoms with van der Waals surface area (Å²) in [5, 5.41) is 12.2. The SMILES string of the molecule is CS(=O)(=O)Oc1ccc(Br)c(CN2CCC(NCc3cncn3Cc3ccc(C#N)c(F)c3)C2=O)c1.Cl. The van der Waals surface area contributed by atoms with Crippen LogP contribution in [0.3, 0.4) is 0 Å². The van der Waals surface area contributed by atoms with Crippen molar-refractivity contribution >= 4 is 44.4 Å². The monoisotopic (exact) mass is 611 g/mol. The highest BCUT2D eigenvalue weighted by molar-refractivity contribution is 9.10. The number of halogens is 3. The number of amides is 1. The van der Waals surface area contributed by atoms with Gasteiger partial charge in [0.05, 0.1) is 29.9 Å². The van der Waals surface area contributed by atoms with E-state index in [1.54, 1.807) is 41.7 Å². The first-order chi connectivity index (χ1) is 17.1. The second kappa shape index (κ2) is 12.0. The highest BCUT2D eigenvalue weighted by Gasteiger charge is 2.31. The van der Waals surface area contributed by atoms with Crippen LogP contribution in [0.1, 0.15) is 28.8 Å². The standard InChI is InChI=1S/C24H23BrFN5O4S.ClH/c1-36(33,34)35-20-4-5-21(25)18(9-20)14-30-7-6-23(24(30)32)29-12-19-11-28-15-31(19)13-16-2-3-17(10-27)22(26)8-16;/h2-5,8-9,11,15,23,29H,6-7,12-14H2,1H3;1H. The molecular formula is C24H24BrClFN5O4S. The van der Waals surface area contributed by atoms with E-state index in [0.717, 1.165) is 22.0 Å². The summed E-state index contributed by atoms with van der Waals surface area (Å²) < 4.78 is 44.4. The van der Waals surface area contributed by atoms with Crippen LogP contribution in [-0.2, 0) is 34.5 Å².